The zero-order chi connectivity index (χ0) is 10.1. The first-order valence-corrected chi connectivity index (χ1v) is 5.24. The second-order valence-electron chi connectivity index (χ2n) is 3.51. The van der Waals surface area contributed by atoms with Crippen molar-refractivity contribution in [1.82, 2.24) is 5.32 Å². The lowest BCUT2D eigenvalue weighted by atomic mass is 9.99. The molecule has 0 radical (unpaired) electrons. The molecule has 76 valence electrons. The zero-order valence-corrected chi connectivity index (χ0v) is 9.27. The Morgan fingerprint density at radius 2 is 2.15 bits per heavy atom. The van der Waals surface area contributed by atoms with Crippen LogP contribution >= 0.6 is 0 Å². The Labute approximate surface area is 82.9 Å². The van der Waals surface area contributed by atoms with E-state index in [-0.39, 0.29) is 0 Å². The fraction of sp³-hybridized carbons (Fsp3) is 0.667. The van der Waals surface area contributed by atoms with E-state index in [2.05, 4.69) is 37.9 Å². The molecule has 0 saturated carbocycles. The molecule has 13 heavy (non-hydrogen) atoms. The van der Waals surface area contributed by atoms with Crippen molar-refractivity contribution in [3.05, 3.63) is 24.3 Å². The molecule has 0 aliphatic heterocycles. The molecule has 0 fully saturated rings. The van der Waals surface area contributed by atoms with Crippen molar-refractivity contribution in [1.29, 1.82) is 0 Å². The van der Waals surface area contributed by atoms with Crippen molar-refractivity contribution in [2.75, 3.05) is 13.1 Å². The predicted molar refractivity (Wildman–Crippen MR) is 60.9 cm³/mol. The van der Waals surface area contributed by atoms with Crippen LogP contribution in [0.3, 0.4) is 0 Å². The highest BCUT2D eigenvalue weighted by molar-refractivity contribution is 5.16. The van der Waals surface area contributed by atoms with E-state index in [0.717, 1.165) is 13.1 Å². The minimum Gasteiger partial charge on any atom is -0.317 e. The molecule has 0 aromatic carbocycles. The molecule has 0 aromatic heterocycles. The summed E-state index contributed by atoms with van der Waals surface area (Å²) in [6.45, 7) is 12.7. The second-order valence-corrected chi connectivity index (χ2v) is 3.51. The van der Waals surface area contributed by atoms with Gasteiger partial charge in [0.2, 0.25) is 0 Å². The van der Waals surface area contributed by atoms with Crippen molar-refractivity contribution in [3.8, 4) is 0 Å². The van der Waals surface area contributed by atoms with E-state index in [1.165, 1.54) is 18.4 Å². The summed E-state index contributed by atoms with van der Waals surface area (Å²) in [5, 5.41) is 3.40. The molecule has 1 unspecified atom stereocenters. The molecule has 1 N–H and O–H groups in total. The highest BCUT2D eigenvalue weighted by Crippen LogP contribution is 2.12. The summed E-state index contributed by atoms with van der Waals surface area (Å²) in [4.78, 5) is 0. The van der Waals surface area contributed by atoms with Gasteiger partial charge in [0.1, 0.15) is 0 Å². The van der Waals surface area contributed by atoms with Gasteiger partial charge in [-0.1, -0.05) is 38.2 Å². The lowest BCUT2D eigenvalue weighted by Crippen LogP contribution is -2.18. The van der Waals surface area contributed by atoms with Crippen LogP contribution in [0.25, 0.3) is 0 Å². The van der Waals surface area contributed by atoms with Crippen LogP contribution in [0.1, 0.15) is 33.6 Å². The van der Waals surface area contributed by atoms with Crippen molar-refractivity contribution in [2.45, 2.75) is 33.6 Å². The van der Waals surface area contributed by atoms with E-state index in [9.17, 15) is 0 Å². The van der Waals surface area contributed by atoms with Gasteiger partial charge in [-0.25, -0.2) is 0 Å². The summed E-state index contributed by atoms with van der Waals surface area (Å²) < 4.78 is 0. The van der Waals surface area contributed by atoms with Crippen LogP contribution in [-0.2, 0) is 0 Å². The first kappa shape index (κ1) is 12.4. The Bertz CT molecular complexity index is 159. The fourth-order valence-corrected chi connectivity index (χ4v) is 1.18. The van der Waals surface area contributed by atoms with Crippen LogP contribution in [0.5, 0.6) is 0 Å². The van der Waals surface area contributed by atoms with Gasteiger partial charge in [0.25, 0.3) is 0 Å². The second kappa shape index (κ2) is 8.06. The molecule has 0 amide bonds. The Balaban J connectivity index is 3.50. The number of rotatable bonds is 7. The number of allylic oxidation sites excluding steroid dienone is 3. The maximum Gasteiger partial charge on any atom is -0.00432 e. The number of hydrogen-bond acceptors (Lipinski definition) is 1. The third-order valence-corrected chi connectivity index (χ3v) is 2.19. The molecule has 1 nitrogen and oxygen atoms in total. The molecule has 0 heterocycles. The van der Waals surface area contributed by atoms with E-state index in [4.69, 9.17) is 0 Å². The van der Waals surface area contributed by atoms with Gasteiger partial charge >= 0.3 is 0 Å². The normalized spacial score (nSPS) is 13.5. The molecule has 0 aliphatic carbocycles. The SMILES string of the molecule is C=C(/C=C\C)C(C)CCNCCC. The Morgan fingerprint density at radius 3 is 2.69 bits per heavy atom. The standard InChI is InChI=1S/C12H23N/c1-5-7-11(3)12(4)8-10-13-9-6-2/h5,7,12-13H,3,6,8-10H2,1-2,4H3/b7-5-. The first-order valence-electron chi connectivity index (χ1n) is 5.24. The van der Waals surface area contributed by atoms with Gasteiger partial charge in [-0.2, -0.15) is 0 Å². The third-order valence-electron chi connectivity index (χ3n) is 2.19. The average molecular weight is 181 g/mol. The molecular weight excluding hydrogens is 158 g/mol. The van der Waals surface area contributed by atoms with Crippen LogP contribution < -0.4 is 5.32 Å². The van der Waals surface area contributed by atoms with Gasteiger partial charge in [-0.3, -0.25) is 0 Å². The lowest BCUT2D eigenvalue weighted by molar-refractivity contribution is 0.561. The van der Waals surface area contributed by atoms with Crippen molar-refractivity contribution >= 4 is 0 Å². The van der Waals surface area contributed by atoms with Gasteiger partial charge < -0.3 is 5.32 Å². The van der Waals surface area contributed by atoms with Gasteiger partial charge in [0.05, 0.1) is 0 Å². The monoisotopic (exact) mass is 181 g/mol. The zero-order valence-electron chi connectivity index (χ0n) is 9.27. The highest BCUT2D eigenvalue weighted by atomic mass is 14.8. The van der Waals surface area contributed by atoms with Gasteiger partial charge in [0.15, 0.2) is 0 Å². The van der Waals surface area contributed by atoms with E-state index in [1.807, 2.05) is 6.92 Å². The summed E-state index contributed by atoms with van der Waals surface area (Å²) in [5.74, 6) is 0.598. The molecular formula is C12H23N. The Hall–Kier alpha value is -0.560. The highest BCUT2D eigenvalue weighted by Gasteiger charge is 2.02. The van der Waals surface area contributed by atoms with Gasteiger partial charge in [-0.05, 0) is 38.8 Å². The van der Waals surface area contributed by atoms with Gasteiger partial charge in [-0.15, -0.1) is 0 Å². The molecule has 1 heteroatoms. The molecule has 0 aliphatic rings. The Kier molecular flexibility index (Phi) is 7.71. The molecule has 0 spiro atoms. The van der Waals surface area contributed by atoms with Crippen molar-refractivity contribution in [3.63, 3.8) is 0 Å². The van der Waals surface area contributed by atoms with Crippen LogP contribution in [0, 0.1) is 5.92 Å². The molecule has 0 aromatic rings. The van der Waals surface area contributed by atoms with E-state index >= 15 is 0 Å². The maximum absolute atomic E-state index is 4.03. The fourth-order valence-electron chi connectivity index (χ4n) is 1.18. The number of hydrogen-bond donors (Lipinski definition) is 1. The van der Waals surface area contributed by atoms with Crippen LogP contribution in [0.2, 0.25) is 0 Å². The molecule has 1 atom stereocenters. The third kappa shape index (κ3) is 6.59. The molecule has 0 saturated heterocycles. The summed E-state index contributed by atoms with van der Waals surface area (Å²) in [7, 11) is 0. The minimum atomic E-state index is 0.598. The number of nitrogens with one attached hydrogen (secondary N) is 1. The summed E-state index contributed by atoms with van der Waals surface area (Å²) in [6.07, 6.45) is 6.55. The molecule has 0 rings (SSSR count). The largest absolute Gasteiger partial charge is 0.317 e. The van der Waals surface area contributed by atoms with Crippen LogP contribution in [-0.4, -0.2) is 13.1 Å². The van der Waals surface area contributed by atoms with Gasteiger partial charge in [0, 0.05) is 0 Å². The van der Waals surface area contributed by atoms with Crippen LogP contribution in [0.15, 0.2) is 24.3 Å². The Morgan fingerprint density at radius 1 is 1.46 bits per heavy atom. The molecule has 0 bridgehead atoms. The van der Waals surface area contributed by atoms with E-state index < -0.39 is 0 Å². The van der Waals surface area contributed by atoms with Crippen LogP contribution in [0.4, 0.5) is 0 Å². The van der Waals surface area contributed by atoms with Crippen molar-refractivity contribution < 1.29 is 0 Å². The summed E-state index contributed by atoms with van der Waals surface area (Å²) in [5.41, 5.74) is 1.24. The topological polar surface area (TPSA) is 12.0 Å². The van der Waals surface area contributed by atoms with E-state index in [0.29, 0.717) is 5.92 Å². The maximum atomic E-state index is 4.03. The average Bonchev–Trinajstić information content (AvgIpc) is 2.12. The minimum absolute atomic E-state index is 0.598. The summed E-state index contributed by atoms with van der Waals surface area (Å²) in [6, 6.07) is 0. The predicted octanol–water partition coefficient (Wildman–Crippen LogP) is 3.14. The van der Waals surface area contributed by atoms with E-state index in [1.54, 1.807) is 0 Å². The lowest BCUT2D eigenvalue weighted by Gasteiger charge is -2.11. The van der Waals surface area contributed by atoms with Crippen molar-refractivity contribution in [2.24, 2.45) is 5.92 Å². The summed E-state index contributed by atoms with van der Waals surface area (Å²) >= 11 is 0. The quantitative estimate of drug-likeness (QED) is 0.470. The first-order chi connectivity index (χ1) is 6.22. The smallest absolute Gasteiger partial charge is 0.00432 e.